The van der Waals surface area contributed by atoms with Gasteiger partial charge in [-0.05, 0) is 48.9 Å². The summed E-state index contributed by atoms with van der Waals surface area (Å²) in [5.74, 6) is 0.230. The average Bonchev–Trinajstić information content (AvgIpc) is 3.35. The van der Waals surface area contributed by atoms with Crippen LogP contribution in [0.4, 0.5) is 4.39 Å². The molecular weight excluding hydrogens is 381 g/mol. The average molecular weight is 401 g/mol. The van der Waals surface area contributed by atoms with E-state index in [0.717, 1.165) is 72.5 Å². The van der Waals surface area contributed by atoms with Gasteiger partial charge in [0.2, 0.25) is 0 Å². The maximum atomic E-state index is 13.7. The number of halogens is 1. The summed E-state index contributed by atoms with van der Waals surface area (Å²) in [6.45, 7) is 1.76. The summed E-state index contributed by atoms with van der Waals surface area (Å²) in [5.41, 5.74) is 6.27. The lowest BCUT2D eigenvalue weighted by molar-refractivity contribution is 0.0811. The normalized spacial score (nSPS) is 21.4. The van der Waals surface area contributed by atoms with Crippen LogP contribution in [0.3, 0.4) is 0 Å². The number of benzene rings is 1. The van der Waals surface area contributed by atoms with Crippen LogP contribution in [0, 0.1) is 5.82 Å². The highest BCUT2D eigenvalue weighted by atomic mass is 19.1. The fourth-order valence-corrected chi connectivity index (χ4v) is 5.69. The molecule has 1 aromatic carbocycles. The Morgan fingerprint density at radius 3 is 2.73 bits per heavy atom. The van der Waals surface area contributed by atoms with E-state index in [1.807, 2.05) is 12.3 Å². The molecule has 2 aromatic heterocycles. The van der Waals surface area contributed by atoms with E-state index >= 15 is 0 Å². The topological polar surface area (TPSA) is 82.7 Å². The number of carbonyl (C=O) groups excluding carboxylic acids is 1. The number of aromatic nitrogens is 3. The maximum Gasteiger partial charge on any atom is 0.253 e. The number of nitrogens with zero attached hydrogens (tertiary/aromatic N) is 2. The monoisotopic (exact) mass is 401 g/mol. The quantitative estimate of drug-likeness (QED) is 0.585. The third kappa shape index (κ3) is 1.94. The van der Waals surface area contributed by atoms with Gasteiger partial charge in [0.25, 0.3) is 5.91 Å². The lowest BCUT2D eigenvalue weighted by Crippen LogP contribution is -2.71. The van der Waals surface area contributed by atoms with Crippen LogP contribution in [0.2, 0.25) is 0 Å². The number of nitrogens with one attached hydrogen (secondary N) is 3. The van der Waals surface area contributed by atoms with Crippen molar-refractivity contribution < 1.29 is 9.18 Å². The van der Waals surface area contributed by atoms with Gasteiger partial charge < -0.3 is 15.6 Å². The van der Waals surface area contributed by atoms with Crippen molar-refractivity contribution >= 4 is 5.91 Å². The number of hydrogen-bond acceptors (Lipinski definition) is 4. The van der Waals surface area contributed by atoms with E-state index in [1.165, 1.54) is 12.1 Å². The molecule has 6 nitrogen and oxygen atoms in total. The lowest BCUT2D eigenvalue weighted by atomic mass is 9.66. The van der Waals surface area contributed by atoms with Gasteiger partial charge in [-0.1, -0.05) is 12.1 Å². The molecule has 0 bridgehead atoms. The smallest absolute Gasteiger partial charge is 0.253 e. The Hall–Kier alpha value is -3.06. The Morgan fingerprint density at radius 2 is 2.00 bits per heavy atom. The zero-order valence-electron chi connectivity index (χ0n) is 16.3. The van der Waals surface area contributed by atoms with Gasteiger partial charge >= 0.3 is 0 Å². The first-order valence-corrected chi connectivity index (χ1v) is 10.5. The number of rotatable bonds is 1. The third-order valence-corrected chi connectivity index (χ3v) is 7.51. The highest BCUT2D eigenvalue weighted by molar-refractivity contribution is 6.02. The molecule has 2 fully saturated rings. The van der Waals surface area contributed by atoms with Crippen molar-refractivity contribution in [3.05, 3.63) is 58.7 Å². The number of carbonyl (C=O) groups is 1. The molecule has 4 heterocycles. The number of fused-ring (bicyclic) bond motifs is 7. The van der Waals surface area contributed by atoms with E-state index in [9.17, 15) is 9.18 Å². The molecule has 3 N–H and O–H groups in total. The van der Waals surface area contributed by atoms with Crippen molar-refractivity contribution in [2.24, 2.45) is 0 Å². The summed E-state index contributed by atoms with van der Waals surface area (Å²) in [5, 5.41) is 6.77. The fraction of sp³-hybridized carbons (Fsp3) is 0.348. The number of amides is 1. The standard InChI is InChI=1S/C23H20FN5O/c24-14-3-1-2-12(8-14)20-26-9-13-4-5-15-16-19(27-18(15)17(13)28-20)22(10-25-11-22)23(6-7-23)29-21(16)30/h1-3,8-9,25,27H,4-7,10-11H2,(H,29,30). The van der Waals surface area contributed by atoms with Crippen LogP contribution in [-0.2, 0) is 18.3 Å². The molecule has 4 aliphatic rings. The van der Waals surface area contributed by atoms with Crippen molar-refractivity contribution in [3.63, 3.8) is 0 Å². The zero-order valence-corrected chi connectivity index (χ0v) is 16.3. The van der Waals surface area contributed by atoms with E-state index in [-0.39, 0.29) is 22.7 Å². The molecule has 0 unspecified atom stereocenters. The second-order valence-corrected chi connectivity index (χ2v) is 9.03. The molecule has 2 aliphatic carbocycles. The van der Waals surface area contributed by atoms with Crippen LogP contribution in [0.25, 0.3) is 22.8 Å². The Morgan fingerprint density at radius 1 is 1.13 bits per heavy atom. The Kier molecular flexibility index (Phi) is 2.98. The van der Waals surface area contributed by atoms with Crippen LogP contribution in [0.15, 0.2) is 30.5 Å². The first-order chi connectivity index (χ1) is 14.6. The summed E-state index contributed by atoms with van der Waals surface area (Å²) >= 11 is 0. The van der Waals surface area contributed by atoms with Gasteiger partial charge in [0.15, 0.2) is 5.82 Å². The van der Waals surface area contributed by atoms with Crippen LogP contribution in [-0.4, -0.2) is 39.5 Å². The van der Waals surface area contributed by atoms with Crippen LogP contribution in [0.5, 0.6) is 0 Å². The molecular formula is C23H20FN5O. The first kappa shape index (κ1) is 16.7. The van der Waals surface area contributed by atoms with Gasteiger partial charge in [-0.15, -0.1) is 0 Å². The van der Waals surface area contributed by atoms with E-state index in [0.29, 0.717) is 11.4 Å². The predicted octanol–water partition coefficient (Wildman–Crippen LogP) is 2.49. The molecule has 150 valence electrons. The lowest BCUT2D eigenvalue weighted by Gasteiger charge is -2.51. The number of H-pyrrole nitrogens is 1. The van der Waals surface area contributed by atoms with E-state index in [2.05, 4.69) is 20.6 Å². The zero-order chi connectivity index (χ0) is 20.1. The molecule has 7 rings (SSSR count). The Bertz CT molecular complexity index is 1250. The van der Waals surface area contributed by atoms with Gasteiger partial charge in [-0.3, -0.25) is 4.79 Å². The summed E-state index contributed by atoms with van der Waals surface area (Å²) in [6, 6.07) is 6.34. The van der Waals surface area contributed by atoms with Crippen molar-refractivity contribution in [1.29, 1.82) is 0 Å². The molecule has 7 heteroatoms. The second kappa shape index (κ2) is 5.35. The van der Waals surface area contributed by atoms with Crippen LogP contribution in [0.1, 0.15) is 40.0 Å². The molecule has 1 saturated heterocycles. The van der Waals surface area contributed by atoms with Crippen LogP contribution >= 0.6 is 0 Å². The molecule has 3 aromatic rings. The minimum Gasteiger partial charge on any atom is -0.356 e. The molecule has 1 amide bonds. The van der Waals surface area contributed by atoms with Crippen molar-refractivity contribution in [1.82, 2.24) is 25.6 Å². The van der Waals surface area contributed by atoms with Crippen LogP contribution < -0.4 is 10.6 Å². The molecule has 30 heavy (non-hydrogen) atoms. The summed E-state index contributed by atoms with van der Waals surface area (Å²) in [6.07, 6.45) is 5.49. The Labute approximate surface area is 172 Å². The molecule has 2 spiro atoms. The highest BCUT2D eigenvalue weighted by Gasteiger charge is 2.67. The molecule has 2 aliphatic heterocycles. The highest BCUT2D eigenvalue weighted by Crippen LogP contribution is 2.57. The van der Waals surface area contributed by atoms with Gasteiger partial charge in [-0.25, -0.2) is 14.4 Å². The largest absolute Gasteiger partial charge is 0.356 e. The fourth-order valence-electron chi connectivity index (χ4n) is 5.69. The summed E-state index contributed by atoms with van der Waals surface area (Å²) in [7, 11) is 0. The number of hydrogen-bond donors (Lipinski definition) is 3. The minimum atomic E-state index is -0.310. The van der Waals surface area contributed by atoms with E-state index in [4.69, 9.17) is 4.98 Å². The van der Waals surface area contributed by atoms with Gasteiger partial charge in [0.1, 0.15) is 5.82 Å². The molecule has 1 saturated carbocycles. The molecule has 0 radical (unpaired) electrons. The van der Waals surface area contributed by atoms with Crippen molar-refractivity contribution in [2.75, 3.05) is 13.1 Å². The maximum absolute atomic E-state index is 13.7. The summed E-state index contributed by atoms with van der Waals surface area (Å²) in [4.78, 5) is 26.1. The number of aryl methyl sites for hydroxylation is 1. The minimum absolute atomic E-state index is 0.0420. The van der Waals surface area contributed by atoms with Gasteiger partial charge in [-0.2, -0.15) is 0 Å². The SMILES string of the molecule is O=C1NC2(CC2)C2(CNC2)c2[nH]c3c(c21)CCc1cnc(-c2cccc(F)c2)nc1-3. The summed E-state index contributed by atoms with van der Waals surface area (Å²) < 4.78 is 13.7. The van der Waals surface area contributed by atoms with Crippen molar-refractivity contribution in [2.45, 2.75) is 36.6 Å². The predicted molar refractivity (Wildman–Crippen MR) is 109 cm³/mol. The van der Waals surface area contributed by atoms with Crippen molar-refractivity contribution in [3.8, 4) is 22.8 Å². The molecule has 0 atom stereocenters. The Balaban J connectivity index is 1.43. The number of aromatic amines is 1. The third-order valence-electron chi connectivity index (χ3n) is 7.51. The van der Waals surface area contributed by atoms with Gasteiger partial charge in [0.05, 0.1) is 27.9 Å². The van der Waals surface area contributed by atoms with E-state index < -0.39 is 0 Å². The van der Waals surface area contributed by atoms with Gasteiger partial charge in [0, 0.05) is 30.5 Å². The van der Waals surface area contributed by atoms with E-state index in [1.54, 1.807) is 6.07 Å². The first-order valence-electron chi connectivity index (χ1n) is 10.5. The second-order valence-electron chi connectivity index (χ2n) is 9.03.